The number of amides is 2. The van der Waals surface area contributed by atoms with Crippen LogP contribution in [0.3, 0.4) is 0 Å². The molecular formula is C22H23N5O4S2. The molecule has 0 radical (unpaired) electrons. The third-order valence-electron chi connectivity index (χ3n) is 5.80. The van der Waals surface area contributed by atoms with Crippen LogP contribution in [0.4, 0.5) is 10.8 Å². The molecule has 1 saturated heterocycles. The number of nitrogens with one attached hydrogen (secondary N) is 2. The highest BCUT2D eigenvalue weighted by Crippen LogP contribution is 2.42. The zero-order chi connectivity index (χ0) is 23.2. The zero-order valence-electron chi connectivity index (χ0n) is 17.9. The molecule has 1 atom stereocenters. The summed E-state index contributed by atoms with van der Waals surface area (Å²) in [7, 11) is -3.07. The second-order valence-electron chi connectivity index (χ2n) is 8.44. The number of aromatic nitrogens is 3. The lowest BCUT2D eigenvalue weighted by molar-refractivity contribution is 0.101. The number of hydrogen-bond donors (Lipinski definition) is 2. The molecule has 1 saturated carbocycles. The highest BCUT2D eigenvalue weighted by atomic mass is 32.2. The van der Waals surface area contributed by atoms with Gasteiger partial charge in [0.15, 0.2) is 20.7 Å². The Labute approximate surface area is 195 Å². The zero-order valence-corrected chi connectivity index (χ0v) is 19.6. The van der Waals surface area contributed by atoms with Crippen LogP contribution in [0.2, 0.25) is 0 Å². The molecule has 2 aliphatic rings. The van der Waals surface area contributed by atoms with E-state index in [1.165, 1.54) is 0 Å². The molecule has 3 heterocycles. The number of anilines is 2. The van der Waals surface area contributed by atoms with Crippen LogP contribution in [0.5, 0.6) is 0 Å². The highest BCUT2D eigenvalue weighted by molar-refractivity contribution is 7.91. The molecule has 2 aromatic heterocycles. The summed E-state index contributed by atoms with van der Waals surface area (Å²) in [6.07, 6.45) is 2.53. The van der Waals surface area contributed by atoms with Crippen molar-refractivity contribution in [2.45, 2.75) is 38.1 Å². The van der Waals surface area contributed by atoms with Crippen molar-refractivity contribution < 1.29 is 18.0 Å². The summed E-state index contributed by atoms with van der Waals surface area (Å²) in [4.78, 5) is 30.3. The normalized spacial score (nSPS) is 19.4. The van der Waals surface area contributed by atoms with E-state index in [1.807, 2.05) is 18.2 Å². The molecule has 11 heteroatoms. The number of thiazole rings is 1. The first-order chi connectivity index (χ1) is 15.8. The Balaban J connectivity index is 1.32. The molecule has 2 N–H and O–H groups in total. The van der Waals surface area contributed by atoms with Gasteiger partial charge in [-0.3, -0.25) is 19.6 Å². The molecule has 33 heavy (non-hydrogen) atoms. The minimum absolute atomic E-state index is 0.0566. The van der Waals surface area contributed by atoms with Crippen molar-refractivity contribution in [3.63, 3.8) is 0 Å². The second-order valence-corrected chi connectivity index (χ2v) is 11.7. The van der Waals surface area contributed by atoms with Crippen LogP contribution in [0.1, 0.15) is 62.8 Å². The maximum atomic E-state index is 12.9. The average Bonchev–Trinajstić information content (AvgIpc) is 3.25. The van der Waals surface area contributed by atoms with Gasteiger partial charge in [0.1, 0.15) is 4.88 Å². The number of aryl methyl sites for hydroxylation is 1. The van der Waals surface area contributed by atoms with E-state index >= 15 is 0 Å². The maximum absolute atomic E-state index is 12.9. The Bertz CT molecular complexity index is 1330. The van der Waals surface area contributed by atoms with Gasteiger partial charge >= 0.3 is 0 Å². The van der Waals surface area contributed by atoms with Gasteiger partial charge in [0.2, 0.25) is 0 Å². The maximum Gasteiger partial charge on any atom is 0.277 e. The summed E-state index contributed by atoms with van der Waals surface area (Å²) < 4.78 is 25.6. The fraction of sp³-hybridized carbons (Fsp3) is 0.364. The molecule has 5 rings (SSSR count). The molecule has 172 valence electrons. The number of rotatable bonds is 6. The van der Waals surface area contributed by atoms with Crippen molar-refractivity contribution in [1.82, 2.24) is 14.8 Å². The lowest BCUT2D eigenvalue weighted by Crippen LogP contribution is -2.17. The summed E-state index contributed by atoms with van der Waals surface area (Å²) in [5.74, 6) is -0.200. The number of benzene rings is 1. The van der Waals surface area contributed by atoms with E-state index in [0.29, 0.717) is 33.7 Å². The predicted octanol–water partition coefficient (Wildman–Crippen LogP) is 3.39. The van der Waals surface area contributed by atoms with Gasteiger partial charge in [0.25, 0.3) is 11.8 Å². The lowest BCUT2D eigenvalue weighted by Gasteiger charge is -2.12. The van der Waals surface area contributed by atoms with E-state index < -0.39 is 15.7 Å². The van der Waals surface area contributed by atoms with Gasteiger partial charge in [-0.25, -0.2) is 13.4 Å². The van der Waals surface area contributed by atoms with Crippen LogP contribution in [0.15, 0.2) is 36.4 Å². The van der Waals surface area contributed by atoms with E-state index in [4.69, 9.17) is 0 Å². The van der Waals surface area contributed by atoms with E-state index in [1.54, 1.807) is 29.8 Å². The molecule has 1 aliphatic carbocycles. The summed E-state index contributed by atoms with van der Waals surface area (Å²) >= 11 is 1.10. The van der Waals surface area contributed by atoms with E-state index in [2.05, 4.69) is 20.7 Å². The third-order valence-corrected chi connectivity index (χ3v) is 8.62. The van der Waals surface area contributed by atoms with Crippen LogP contribution in [-0.2, 0) is 9.84 Å². The Morgan fingerprint density at radius 2 is 1.85 bits per heavy atom. The largest absolute Gasteiger partial charge is 0.321 e. The molecule has 1 unspecified atom stereocenters. The molecule has 9 nitrogen and oxygen atoms in total. The molecule has 3 aromatic rings. The monoisotopic (exact) mass is 485 g/mol. The van der Waals surface area contributed by atoms with Crippen LogP contribution < -0.4 is 10.6 Å². The molecule has 1 aromatic carbocycles. The predicted molar refractivity (Wildman–Crippen MR) is 126 cm³/mol. The molecule has 1 aliphatic heterocycles. The topological polar surface area (TPSA) is 123 Å². The SMILES string of the molecule is Cc1nc(NC(=O)c2cc(C3CC3)n(C3CCS(=O)(=O)C3)n2)sc1C(=O)Nc1ccccc1. The lowest BCUT2D eigenvalue weighted by atomic mass is 10.2. The highest BCUT2D eigenvalue weighted by Gasteiger charge is 2.36. The number of nitrogens with zero attached hydrogens (tertiary/aromatic N) is 3. The van der Waals surface area contributed by atoms with Gasteiger partial charge < -0.3 is 5.32 Å². The number of para-hydroxylation sites is 1. The first-order valence-electron chi connectivity index (χ1n) is 10.7. The van der Waals surface area contributed by atoms with Crippen molar-refractivity contribution in [3.8, 4) is 0 Å². The van der Waals surface area contributed by atoms with Gasteiger partial charge in [-0.2, -0.15) is 5.10 Å². The van der Waals surface area contributed by atoms with Gasteiger partial charge in [-0.1, -0.05) is 29.5 Å². The van der Waals surface area contributed by atoms with Crippen LogP contribution in [-0.4, -0.2) is 46.5 Å². The van der Waals surface area contributed by atoms with Crippen molar-refractivity contribution >= 4 is 43.8 Å². The second kappa shape index (κ2) is 8.38. The number of sulfone groups is 1. The van der Waals surface area contributed by atoms with Crippen LogP contribution in [0.25, 0.3) is 0 Å². The van der Waals surface area contributed by atoms with Crippen molar-refractivity contribution in [1.29, 1.82) is 0 Å². The average molecular weight is 486 g/mol. The fourth-order valence-electron chi connectivity index (χ4n) is 4.00. The van der Waals surface area contributed by atoms with E-state index in [-0.39, 0.29) is 29.1 Å². The van der Waals surface area contributed by atoms with E-state index in [0.717, 1.165) is 29.9 Å². The Hall–Kier alpha value is -3.05. The van der Waals surface area contributed by atoms with Crippen LogP contribution >= 0.6 is 11.3 Å². The van der Waals surface area contributed by atoms with Crippen molar-refractivity contribution in [2.75, 3.05) is 22.1 Å². The smallest absolute Gasteiger partial charge is 0.277 e. The molecular weight excluding hydrogens is 462 g/mol. The summed E-state index contributed by atoms with van der Waals surface area (Å²) in [6.45, 7) is 1.71. The van der Waals surface area contributed by atoms with Crippen LogP contribution in [0, 0.1) is 6.92 Å². The first kappa shape index (κ1) is 21.8. The van der Waals surface area contributed by atoms with Gasteiger partial charge in [-0.05, 0) is 44.4 Å². The number of carbonyl (C=O) groups excluding carboxylic acids is 2. The molecule has 2 fully saturated rings. The van der Waals surface area contributed by atoms with E-state index in [9.17, 15) is 18.0 Å². The minimum Gasteiger partial charge on any atom is -0.321 e. The third kappa shape index (κ3) is 4.69. The number of carbonyl (C=O) groups is 2. The fourth-order valence-corrected chi connectivity index (χ4v) is 6.54. The summed E-state index contributed by atoms with van der Waals surface area (Å²) in [5, 5.41) is 10.3. The summed E-state index contributed by atoms with van der Waals surface area (Å²) in [6, 6.07) is 10.6. The van der Waals surface area contributed by atoms with Crippen molar-refractivity contribution in [3.05, 3.63) is 58.4 Å². The standard InChI is InChI=1S/C22H23N5O4S2/c1-13-19(21(29)24-15-5-3-2-4-6-15)32-22(23-13)25-20(28)17-11-18(14-7-8-14)27(26-17)16-9-10-33(30,31)12-16/h2-6,11,14,16H,7-10,12H2,1H3,(H,24,29)(H,23,25,28). The summed E-state index contributed by atoms with van der Waals surface area (Å²) in [5.41, 5.74) is 2.34. The molecule has 0 bridgehead atoms. The Kier molecular flexibility index (Phi) is 5.53. The first-order valence-corrected chi connectivity index (χ1v) is 13.4. The van der Waals surface area contributed by atoms with Gasteiger partial charge in [-0.15, -0.1) is 0 Å². The van der Waals surface area contributed by atoms with Gasteiger partial charge in [0.05, 0.1) is 23.2 Å². The molecule has 0 spiro atoms. The Morgan fingerprint density at radius 1 is 1.09 bits per heavy atom. The number of hydrogen-bond acceptors (Lipinski definition) is 7. The minimum atomic E-state index is -3.07. The quantitative estimate of drug-likeness (QED) is 0.552. The molecule has 2 amide bonds. The van der Waals surface area contributed by atoms with Gasteiger partial charge in [0, 0.05) is 17.3 Å². The Morgan fingerprint density at radius 3 is 2.52 bits per heavy atom. The van der Waals surface area contributed by atoms with Crippen molar-refractivity contribution in [2.24, 2.45) is 0 Å².